The lowest BCUT2D eigenvalue weighted by molar-refractivity contribution is -0.0272. The maximum atomic E-state index is 13.3. The minimum Gasteiger partial charge on any atom is -0.398 e. The standard InChI is InChI=1S/C14H21FN2O3S/c1-10(2)17-5-6-20-12(8-17)9-21(18,19)14-7-11(15)3-4-13(14)16/h3-4,7,10,12H,5-6,8-9,16H2,1-2H3. The van der Waals surface area contributed by atoms with E-state index in [0.717, 1.165) is 18.7 Å². The van der Waals surface area contributed by atoms with Crippen LogP contribution in [0.15, 0.2) is 23.1 Å². The Kier molecular flexibility index (Phi) is 4.85. The topological polar surface area (TPSA) is 72.6 Å². The Morgan fingerprint density at radius 1 is 1.48 bits per heavy atom. The number of nitrogens with two attached hydrogens (primary N) is 1. The zero-order valence-corrected chi connectivity index (χ0v) is 13.1. The highest BCUT2D eigenvalue weighted by Crippen LogP contribution is 2.22. The predicted octanol–water partition coefficient (Wildman–Crippen LogP) is 1.29. The first kappa shape index (κ1) is 16.2. The molecule has 118 valence electrons. The maximum Gasteiger partial charge on any atom is 0.183 e. The molecule has 2 N–H and O–H groups in total. The van der Waals surface area contributed by atoms with Gasteiger partial charge in [-0.1, -0.05) is 0 Å². The van der Waals surface area contributed by atoms with Gasteiger partial charge in [0.05, 0.1) is 29.0 Å². The summed E-state index contributed by atoms with van der Waals surface area (Å²) < 4.78 is 43.6. The summed E-state index contributed by atoms with van der Waals surface area (Å²) in [5.41, 5.74) is 5.72. The van der Waals surface area contributed by atoms with Crippen LogP contribution in [-0.2, 0) is 14.6 Å². The van der Waals surface area contributed by atoms with E-state index in [1.165, 1.54) is 6.07 Å². The van der Waals surface area contributed by atoms with E-state index in [9.17, 15) is 12.8 Å². The van der Waals surface area contributed by atoms with E-state index >= 15 is 0 Å². The summed E-state index contributed by atoms with van der Waals surface area (Å²) in [5, 5.41) is 0. The van der Waals surface area contributed by atoms with Gasteiger partial charge in [-0.15, -0.1) is 0 Å². The number of hydrogen-bond acceptors (Lipinski definition) is 5. The summed E-state index contributed by atoms with van der Waals surface area (Å²) in [6.07, 6.45) is -0.422. The Hall–Kier alpha value is -1.18. The molecular weight excluding hydrogens is 295 g/mol. The van der Waals surface area contributed by atoms with Crippen LogP contribution < -0.4 is 5.73 Å². The molecule has 1 aliphatic heterocycles. The summed E-state index contributed by atoms with van der Waals surface area (Å²) in [6, 6.07) is 3.71. The molecule has 1 aromatic rings. The van der Waals surface area contributed by atoms with Crippen molar-refractivity contribution in [2.24, 2.45) is 0 Å². The number of halogens is 1. The molecule has 1 saturated heterocycles. The third kappa shape index (κ3) is 3.93. The molecule has 7 heteroatoms. The molecule has 0 aromatic heterocycles. The van der Waals surface area contributed by atoms with Gasteiger partial charge >= 0.3 is 0 Å². The molecule has 1 aliphatic rings. The van der Waals surface area contributed by atoms with Crippen LogP contribution in [0.2, 0.25) is 0 Å². The van der Waals surface area contributed by atoms with Crippen molar-refractivity contribution in [2.75, 3.05) is 31.2 Å². The van der Waals surface area contributed by atoms with E-state index in [2.05, 4.69) is 18.7 Å². The summed E-state index contributed by atoms with van der Waals surface area (Å²) in [5.74, 6) is -0.805. The van der Waals surface area contributed by atoms with Crippen LogP contribution in [0.1, 0.15) is 13.8 Å². The average Bonchev–Trinajstić information content (AvgIpc) is 2.41. The Bertz CT molecular complexity index is 604. The molecule has 0 amide bonds. The molecule has 0 radical (unpaired) electrons. The Morgan fingerprint density at radius 3 is 2.86 bits per heavy atom. The fraction of sp³-hybridized carbons (Fsp3) is 0.571. The first-order valence-electron chi connectivity index (χ1n) is 6.93. The highest BCUT2D eigenvalue weighted by molar-refractivity contribution is 7.91. The highest BCUT2D eigenvalue weighted by atomic mass is 32.2. The van der Waals surface area contributed by atoms with Crippen molar-refractivity contribution in [3.05, 3.63) is 24.0 Å². The Morgan fingerprint density at radius 2 is 2.19 bits per heavy atom. The van der Waals surface area contributed by atoms with Crippen LogP contribution in [0.4, 0.5) is 10.1 Å². The van der Waals surface area contributed by atoms with Gasteiger partial charge in [-0.05, 0) is 32.0 Å². The first-order valence-corrected chi connectivity index (χ1v) is 8.58. The van der Waals surface area contributed by atoms with Crippen LogP contribution in [0.25, 0.3) is 0 Å². The van der Waals surface area contributed by atoms with Crippen molar-refractivity contribution in [3.63, 3.8) is 0 Å². The zero-order valence-electron chi connectivity index (χ0n) is 12.3. The van der Waals surface area contributed by atoms with Crippen LogP contribution >= 0.6 is 0 Å². The molecule has 0 spiro atoms. The number of rotatable bonds is 4. The molecule has 0 aliphatic carbocycles. The third-order valence-corrected chi connectivity index (χ3v) is 5.45. The van der Waals surface area contributed by atoms with Gasteiger partial charge in [-0.25, -0.2) is 12.8 Å². The molecule has 1 heterocycles. The summed E-state index contributed by atoms with van der Waals surface area (Å²) in [7, 11) is -3.68. The van der Waals surface area contributed by atoms with Gasteiger partial charge in [0.15, 0.2) is 9.84 Å². The van der Waals surface area contributed by atoms with Gasteiger partial charge in [-0.3, -0.25) is 4.90 Å². The summed E-state index contributed by atoms with van der Waals surface area (Å²) in [6.45, 7) is 5.95. The van der Waals surface area contributed by atoms with E-state index < -0.39 is 21.8 Å². The fourth-order valence-corrected chi connectivity index (χ4v) is 4.01. The van der Waals surface area contributed by atoms with E-state index in [4.69, 9.17) is 10.5 Å². The van der Waals surface area contributed by atoms with E-state index in [1.54, 1.807) is 0 Å². The minimum absolute atomic E-state index is 0.0629. The van der Waals surface area contributed by atoms with Crippen LogP contribution in [0, 0.1) is 5.82 Å². The number of sulfone groups is 1. The van der Waals surface area contributed by atoms with Gasteiger partial charge in [0.2, 0.25) is 0 Å². The van der Waals surface area contributed by atoms with Crippen LogP contribution in [0.5, 0.6) is 0 Å². The number of anilines is 1. The largest absolute Gasteiger partial charge is 0.398 e. The third-order valence-electron chi connectivity index (χ3n) is 3.62. The van der Waals surface area contributed by atoms with Crippen molar-refractivity contribution in [3.8, 4) is 0 Å². The van der Waals surface area contributed by atoms with Gasteiger partial charge < -0.3 is 10.5 Å². The smallest absolute Gasteiger partial charge is 0.183 e. The number of benzene rings is 1. The van der Waals surface area contributed by atoms with E-state index in [-0.39, 0.29) is 16.3 Å². The normalized spacial score (nSPS) is 20.9. The quantitative estimate of drug-likeness (QED) is 0.848. The second-order valence-electron chi connectivity index (χ2n) is 5.55. The maximum absolute atomic E-state index is 13.3. The molecule has 1 unspecified atom stereocenters. The fourth-order valence-electron chi connectivity index (χ4n) is 2.42. The Labute approximate surface area is 124 Å². The lowest BCUT2D eigenvalue weighted by Crippen LogP contribution is -2.48. The summed E-state index contributed by atoms with van der Waals surface area (Å²) >= 11 is 0. The van der Waals surface area contributed by atoms with Crippen molar-refractivity contribution in [1.29, 1.82) is 0 Å². The van der Waals surface area contributed by atoms with E-state index in [0.29, 0.717) is 19.2 Å². The summed E-state index contributed by atoms with van der Waals surface area (Å²) in [4.78, 5) is 2.01. The lowest BCUT2D eigenvalue weighted by Gasteiger charge is -2.35. The van der Waals surface area contributed by atoms with Gasteiger partial charge in [0.1, 0.15) is 5.82 Å². The Balaban J connectivity index is 2.15. The van der Waals surface area contributed by atoms with Crippen molar-refractivity contribution in [1.82, 2.24) is 4.90 Å². The number of ether oxygens (including phenoxy) is 1. The molecule has 0 saturated carbocycles. The van der Waals surface area contributed by atoms with Gasteiger partial charge in [0, 0.05) is 19.1 Å². The SMILES string of the molecule is CC(C)N1CCOC(CS(=O)(=O)c2cc(F)ccc2N)C1. The molecule has 1 aromatic carbocycles. The van der Waals surface area contributed by atoms with Crippen LogP contribution in [-0.4, -0.2) is 50.9 Å². The van der Waals surface area contributed by atoms with Crippen molar-refractivity contribution in [2.45, 2.75) is 30.9 Å². The number of hydrogen-bond donors (Lipinski definition) is 1. The first-order chi connectivity index (χ1) is 9.79. The molecule has 1 atom stereocenters. The van der Waals surface area contributed by atoms with Crippen LogP contribution in [0.3, 0.4) is 0 Å². The monoisotopic (exact) mass is 316 g/mol. The number of morpholine rings is 1. The van der Waals surface area contributed by atoms with Crippen molar-refractivity contribution >= 4 is 15.5 Å². The average molecular weight is 316 g/mol. The predicted molar refractivity (Wildman–Crippen MR) is 79.3 cm³/mol. The molecular formula is C14H21FN2O3S. The van der Waals surface area contributed by atoms with Gasteiger partial charge in [0.25, 0.3) is 0 Å². The molecule has 21 heavy (non-hydrogen) atoms. The molecule has 2 rings (SSSR count). The lowest BCUT2D eigenvalue weighted by atomic mass is 10.2. The molecule has 0 bridgehead atoms. The zero-order chi connectivity index (χ0) is 15.6. The molecule has 5 nitrogen and oxygen atoms in total. The second kappa shape index (κ2) is 6.29. The highest BCUT2D eigenvalue weighted by Gasteiger charge is 2.29. The minimum atomic E-state index is -3.68. The number of nitrogen functional groups attached to an aromatic ring is 1. The number of nitrogens with zero attached hydrogens (tertiary/aromatic N) is 1. The van der Waals surface area contributed by atoms with Gasteiger partial charge in [-0.2, -0.15) is 0 Å². The van der Waals surface area contributed by atoms with E-state index in [1.807, 2.05) is 0 Å². The van der Waals surface area contributed by atoms with Crippen molar-refractivity contribution < 1.29 is 17.5 Å². The second-order valence-corrected chi connectivity index (χ2v) is 7.55. The molecule has 1 fully saturated rings.